The molecule has 1 heteroatoms. The van der Waals surface area contributed by atoms with E-state index in [1.54, 1.807) is 0 Å². The zero-order valence-electron chi connectivity index (χ0n) is 7.76. The summed E-state index contributed by atoms with van der Waals surface area (Å²) in [5, 5.41) is 0. The van der Waals surface area contributed by atoms with Gasteiger partial charge in [-0.25, -0.2) is 0 Å². The van der Waals surface area contributed by atoms with Crippen LogP contribution in [0.4, 0.5) is 0 Å². The maximum absolute atomic E-state index is 5.68. The summed E-state index contributed by atoms with van der Waals surface area (Å²) in [4.78, 5) is 0. The minimum absolute atomic E-state index is 0.338. The van der Waals surface area contributed by atoms with Crippen molar-refractivity contribution in [1.82, 2.24) is 0 Å². The number of hydrogen-bond donors (Lipinski definition) is 0. The summed E-state index contributed by atoms with van der Waals surface area (Å²) in [6.45, 7) is 10.5. The number of ether oxygens (including phenoxy) is 1. The van der Waals surface area contributed by atoms with Crippen molar-refractivity contribution in [2.24, 2.45) is 5.92 Å². The molecular formula is C10H18O. The Labute approximate surface area is 69.4 Å². The largest absolute Gasteiger partial charge is 0.371 e. The Balaban J connectivity index is 2.43. The van der Waals surface area contributed by atoms with Crippen LogP contribution in [0.25, 0.3) is 0 Å². The molecule has 2 atom stereocenters. The minimum atomic E-state index is 0.338. The van der Waals surface area contributed by atoms with Gasteiger partial charge in [-0.2, -0.15) is 0 Å². The molecule has 0 aromatic heterocycles. The van der Waals surface area contributed by atoms with Gasteiger partial charge in [-0.15, -0.1) is 0 Å². The van der Waals surface area contributed by atoms with Crippen LogP contribution in [0, 0.1) is 5.92 Å². The molecule has 0 bridgehead atoms. The van der Waals surface area contributed by atoms with E-state index in [2.05, 4.69) is 27.4 Å². The van der Waals surface area contributed by atoms with Crippen molar-refractivity contribution in [2.45, 2.75) is 45.8 Å². The maximum Gasteiger partial charge on any atom is 0.0789 e. The molecule has 1 saturated heterocycles. The van der Waals surface area contributed by atoms with Crippen LogP contribution in [0.2, 0.25) is 0 Å². The molecule has 0 unspecified atom stereocenters. The summed E-state index contributed by atoms with van der Waals surface area (Å²) in [7, 11) is 0. The summed E-state index contributed by atoms with van der Waals surface area (Å²) < 4.78 is 5.68. The molecule has 0 saturated carbocycles. The summed E-state index contributed by atoms with van der Waals surface area (Å²) in [6.07, 6.45) is 3.13. The average molecular weight is 154 g/mol. The topological polar surface area (TPSA) is 9.23 Å². The van der Waals surface area contributed by atoms with E-state index in [1.807, 2.05) is 0 Å². The van der Waals surface area contributed by atoms with Crippen LogP contribution >= 0.6 is 0 Å². The van der Waals surface area contributed by atoms with Crippen LogP contribution < -0.4 is 0 Å². The van der Waals surface area contributed by atoms with E-state index in [0.717, 1.165) is 6.42 Å². The van der Waals surface area contributed by atoms with Crippen molar-refractivity contribution in [1.29, 1.82) is 0 Å². The highest BCUT2D eigenvalue weighted by Crippen LogP contribution is 2.27. The first-order valence-corrected chi connectivity index (χ1v) is 4.45. The Hall–Kier alpha value is -0.300. The third-order valence-electron chi connectivity index (χ3n) is 2.39. The lowest BCUT2D eigenvalue weighted by Crippen LogP contribution is -2.14. The van der Waals surface area contributed by atoms with Crippen LogP contribution in [0.1, 0.15) is 33.6 Å². The van der Waals surface area contributed by atoms with Crippen molar-refractivity contribution in [2.75, 3.05) is 0 Å². The first-order valence-electron chi connectivity index (χ1n) is 4.45. The maximum atomic E-state index is 5.68. The third-order valence-corrected chi connectivity index (χ3v) is 2.39. The van der Waals surface area contributed by atoms with Gasteiger partial charge in [-0.3, -0.25) is 0 Å². The molecule has 0 amide bonds. The summed E-state index contributed by atoms with van der Waals surface area (Å²) in [6, 6.07) is 0. The van der Waals surface area contributed by atoms with Gasteiger partial charge in [0.1, 0.15) is 0 Å². The molecule has 0 aliphatic carbocycles. The van der Waals surface area contributed by atoms with Crippen molar-refractivity contribution in [3.8, 4) is 0 Å². The van der Waals surface area contributed by atoms with Gasteiger partial charge in [-0.1, -0.05) is 20.4 Å². The molecule has 64 valence electrons. The van der Waals surface area contributed by atoms with E-state index >= 15 is 0 Å². The lowest BCUT2D eigenvalue weighted by molar-refractivity contribution is 0.0724. The molecule has 1 heterocycles. The third kappa shape index (κ3) is 2.06. The zero-order valence-corrected chi connectivity index (χ0v) is 7.76. The SMILES string of the molecule is C=C(C(C)C)[C@@H]1CC[C@H](C)O1. The van der Waals surface area contributed by atoms with Crippen molar-refractivity contribution >= 4 is 0 Å². The lowest BCUT2D eigenvalue weighted by atomic mass is 9.98. The van der Waals surface area contributed by atoms with Gasteiger partial charge in [0.25, 0.3) is 0 Å². The summed E-state index contributed by atoms with van der Waals surface area (Å²) in [5.41, 5.74) is 1.26. The number of hydrogen-bond acceptors (Lipinski definition) is 1. The predicted molar refractivity (Wildman–Crippen MR) is 47.5 cm³/mol. The molecule has 11 heavy (non-hydrogen) atoms. The number of rotatable bonds is 2. The van der Waals surface area contributed by atoms with Crippen molar-refractivity contribution in [3.63, 3.8) is 0 Å². The van der Waals surface area contributed by atoms with E-state index in [9.17, 15) is 0 Å². The molecule has 0 spiro atoms. The Morgan fingerprint density at radius 1 is 1.45 bits per heavy atom. The molecule has 0 N–H and O–H groups in total. The smallest absolute Gasteiger partial charge is 0.0789 e. The van der Waals surface area contributed by atoms with E-state index < -0.39 is 0 Å². The first-order chi connectivity index (χ1) is 5.11. The van der Waals surface area contributed by atoms with E-state index in [4.69, 9.17) is 4.74 Å². The second kappa shape index (κ2) is 3.40. The molecule has 1 nitrogen and oxygen atoms in total. The molecule has 0 aromatic rings. The van der Waals surface area contributed by atoms with Crippen LogP contribution in [-0.2, 0) is 4.74 Å². The molecule has 1 rings (SSSR count). The standard InChI is InChI=1S/C10H18O/c1-7(2)9(4)10-6-5-8(3)11-10/h7-8,10H,4-6H2,1-3H3/t8-,10-/m0/s1. The predicted octanol–water partition coefficient (Wildman–Crippen LogP) is 2.77. The molecule has 0 radical (unpaired) electrons. The van der Waals surface area contributed by atoms with Crippen molar-refractivity contribution in [3.05, 3.63) is 12.2 Å². The monoisotopic (exact) mass is 154 g/mol. The Morgan fingerprint density at radius 2 is 2.09 bits per heavy atom. The van der Waals surface area contributed by atoms with Gasteiger partial charge in [0.15, 0.2) is 0 Å². The average Bonchev–Trinajstić information content (AvgIpc) is 2.34. The quantitative estimate of drug-likeness (QED) is 0.556. The highest BCUT2D eigenvalue weighted by Gasteiger charge is 2.24. The molecule has 1 aliphatic rings. The van der Waals surface area contributed by atoms with Crippen LogP contribution in [-0.4, -0.2) is 12.2 Å². The van der Waals surface area contributed by atoms with Gasteiger partial charge in [0.05, 0.1) is 12.2 Å². The van der Waals surface area contributed by atoms with Gasteiger partial charge >= 0.3 is 0 Å². The van der Waals surface area contributed by atoms with Crippen LogP contribution in [0.3, 0.4) is 0 Å². The zero-order chi connectivity index (χ0) is 8.43. The first kappa shape index (κ1) is 8.79. The van der Waals surface area contributed by atoms with Gasteiger partial charge in [-0.05, 0) is 31.3 Å². The Bertz CT molecular complexity index is 149. The molecule has 1 aliphatic heterocycles. The summed E-state index contributed by atoms with van der Waals surface area (Å²) >= 11 is 0. The second-order valence-corrected chi connectivity index (χ2v) is 3.74. The fraction of sp³-hybridized carbons (Fsp3) is 0.800. The van der Waals surface area contributed by atoms with Gasteiger partial charge in [0, 0.05) is 0 Å². The van der Waals surface area contributed by atoms with Crippen LogP contribution in [0.15, 0.2) is 12.2 Å². The Kier molecular flexibility index (Phi) is 2.72. The highest BCUT2D eigenvalue weighted by atomic mass is 16.5. The van der Waals surface area contributed by atoms with E-state index in [1.165, 1.54) is 12.0 Å². The molecule has 0 aromatic carbocycles. The fourth-order valence-corrected chi connectivity index (χ4v) is 1.45. The van der Waals surface area contributed by atoms with Crippen molar-refractivity contribution < 1.29 is 4.74 Å². The molecular weight excluding hydrogens is 136 g/mol. The normalized spacial score (nSPS) is 31.3. The van der Waals surface area contributed by atoms with Gasteiger partial charge < -0.3 is 4.74 Å². The van der Waals surface area contributed by atoms with E-state index in [-0.39, 0.29) is 0 Å². The van der Waals surface area contributed by atoms with Crippen LogP contribution in [0.5, 0.6) is 0 Å². The summed E-state index contributed by atoms with van der Waals surface area (Å²) in [5.74, 6) is 0.560. The molecule has 1 fully saturated rings. The van der Waals surface area contributed by atoms with E-state index in [0.29, 0.717) is 18.1 Å². The fourth-order valence-electron chi connectivity index (χ4n) is 1.45. The minimum Gasteiger partial charge on any atom is -0.371 e. The second-order valence-electron chi connectivity index (χ2n) is 3.74. The van der Waals surface area contributed by atoms with Gasteiger partial charge in [0.2, 0.25) is 0 Å². The highest BCUT2D eigenvalue weighted by molar-refractivity contribution is 5.07. The lowest BCUT2D eigenvalue weighted by Gasteiger charge is -2.16. The Morgan fingerprint density at radius 3 is 2.45 bits per heavy atom.